The van der Waals surface area contributed by atoms with Crippen LogP contribution in [0.25, 0.3) is 0 Å². The number of anilines is 1. The van der Waals surface area contributed by atoms with E-state index >= 15 is 0 Å². The van der Waals surface area contributed by atoms with Gasteiger partial charge in [-0.3, -0.25) is 4.79 Å². The summed E-state index contributed by atoms with van der Waals surface area (Å²) in [4.78, 5) is 13.3. The topological polar surface area (TPSA) is 32.3 Å². The van der Waals surface area contributed by atoms with Crippen LogP contribution >= 0.6 is 0 Å². The van der Waals surface area contributed by atoms with Gasteiger partial charge in [-0.15, -0.1) is 0 Å². The van der Waals surface area contributed by atoms with Crippen molar-refractivity contribution in [2.24, 2.45) is 0 Å². The Kier molecular flexibility index (Phi) is 4.92. The van der Waals surface area contributed by atoms with Gasteiger partial charge in [0.25, 0.3) is 0 Å². The Morgan fingerprint density at radius 3 is 2.75 bits per heavy atom. The number of carbonyl (C=O) groups excluding carboxylic acids is 1. The molecule has 1 rings (SSSR count). The summed E-state index contributed by atoms with van der Waals surface area (Å²) in [5, 5.41) is 2.96. The first kappa shape index (κ1) is 12.6. The van der Waals surface area contributed by atoms with Crippen LogP contribution in [-0.4, -0.2) is 25.5 Å². The van der Waals surface area contributed by atoms with Gasteiger partial charge >= 0.3 is 0 Å². The van der Waals surface area contributed by atoms with Crippen LogP contribution < -0.4 is 10.2 Å². The molecule has 0 aliphatic heterocycles. The average molecular weight is 224 g/mol. The van der Waals surface area contributed by atoms with E-state index in [2.05, 4.69) is 5.32 Å². The Hall–Kier alpha value is -1.42. The number of hydrogen-bond donors (Lipinski definition) is 1. The number of hydrogen-bond acceptors (Lipinski definition) is 2. The third-order valence-electron chi connectivity index (χ3n) is 2.26. The molecule has 0 aliphatic rings. The maximum atomic E-state index is 13.0. The van der Waals surface area contributed by atoms with Crippen LogP contribution in [0, 0.1) is 5.82 Å². The second-order valence-corrected chi connectivity index (χ2v) is 3.40. The summed E-state index contributed by atoms with van der Waals surface area (Å²) in [5.74, 6) is -0.373. The van der Waals surface area contributed by atoms with Crippen LogP contribution in [0.2, 0.25) is 0 Å². The fraction of sp³-hybridized carbons (Fsp3) is 0.417. The number of halogens is 1. The van der Waals surface area contributed by atoms with Crippen LogP contribution in [0.4, 0.5) is 10.1 Å². The molecule has 1 aromatic carbocycles. The highest BCUT2D eigenvalue weighted by Crippen LogP contribution is 2.15. The quantitative estimate of drug-likeness (QED) is 0.827. The standard InChI is InChI=1S/C12H17FN2O/c1-3-14-9-12(16)15(4-2)11-7-5-6-10(13)8-11/h5-8,14H,3-4,9H2,1-2H3. The molecule has 0 saturated heterocycles. The molecule has 4 heteroatoms. The molecule has 0 bridgehead atoms. The van der Waals surface area contributed by atoms with E-state index in [1.54, 1.807) is 17.0 Å². The van der Waals surface area contributed by atoms with Crippen molar-refractivity contribution >= 4 is 11.6 Å². The molecule has 1 amide bonds. The molecule has 88 valence electrons. The summed E-state index contributed by atoms with van der Waals surface area (Å²) in [7, 11) is 0. The van der Waals surface area contributed by atoms with E-state index in [4.69, 9.17) is 0 Å². The van der Waals surface area contributed by atoms with E-state index in [1.165, 1.54) is 12.1 Å². The summed E-state index contributed by atoms with van der Waals surface area (Å²) >= 11 is 0. The minimum Gasteiger partial charge on any atom is -0.311 e. The molecule has 0 heterocycles. The minimum atomic E-state index is -0.327. The fourth-order valence-electron chi connectivity index (χ4n) is 1.47. The summed E-state index contributed by atoms with van der Waals surface area (Å²) in [5.41, 5.74) is 0.602. The maximum Gasteiger partial charge on any atom is 0.240 e. The average Bonchev–Trinajstić information content (AvgIpc) is 2.27. The lowest BCUT2D eigenvalue weighted by Crippen LogP contribution is -2.38. The van der Waals surface area contributed by atoms with E-state index in [9.17, 15) is 9.18 Å². The van der Waals surface area contributed by atoms with Crippen molar-refractivity contribution in [2.45, 2.75) is 13.8 Å². The third-order valence-corrected chi connectivity index (χ3v) is 2.26. The van der Waals surface area contributed by atoms with Gasteiger partial charge in [0, 0.05) is 12.2 Å². The van der Waals surface area contributed by atoms with Gasteiger partial charge in [0.2, 0.25) is 5.91 Å². The zero-order valence-electron chi connectivity index (χ0n) is 9.66. The van der Waals surface area contributed by atoms with Gasteiger partial charge in [-0.1, -0.05) is 13.0 Å². The largest absolute Gasteiger partial charge is 0.311 e. The molecule has 3 nitrogen and oxygen atoms in total. The van der Waals surface area contributed by atoms with Crippen molar-refractivity contribution in [2.75, 3.05) is 24.5 Å². The summed E-state index contributed by atoms with van der Waals surface area (Å²) in [6, 6.07) is 6.07. The van der Waals surface area contributed by atoms with Gasteiger partial charge < -0.3 is 10.2 Å². The van der Waals surface area contributed by atoms with Gasteiger partial charge in [0.05, 0.1) is 6.54 Å². The normalized spacial score (nSPS) is 10.2. The van der Waals surface area contributed by atoms with Crippen LogP contribution in [0.1, 0.15) is 13.8 Å². The molecule has 1 aromatic rings. The van der Waals surface area contributed by atoms with E-state index in [0.717, 1.165) is 6.54 Å². The second-order valence-electron chi connectivity index (χ2n) is 3.40. The molecule has 16 heavy (non-hydrogen) atoms. The predicted octanol–water partition coefficient (Wildman–Crippen LogP) is 1.79. The molecule has 0 aromatic heterocycles. The van der Waals surface area contributed by atoms with Crippen molar-refractivity contribution in [1.82, 2.24) is 5.32 Å². The predicted molar refractivity (Wildman–Crippen MR) is 63.0 cm³/mol. The number of rotatable bonds is 5. The van der Waals surface area contributed by atoms with E-state index < -0.39 is 0 Å². The molecule has 0 unspecified atom stereocenters. The Balaban J connectivity index is 2.77. The van der Waals surface area contributed by atoms with Crippen molar-refractivity contribution in [3.8, 4) is 0 Å². The molecule has 0 radical (unpaired) electrons. The molecule has 0 saturated carbocycles. The maximum absolute atomic E-state index is 13.0. The zero-order valence-corrected chi connectivity index (χ0v) is 9.66. The third kappa shape index (κ3) is 3.31. The highest BCUT2D eigenvalue weighted by atomic mass is 19.1. The highest BCUT2D eigenvalue weighted by molar-refractivity contribution is 5.94. The molecule has 1 N–H and O–H groups in total. The SMILES string of the molecule is CCNCC(=O)N(CC)c1cccc(F)c1. The zero-order chi connectivity index (χ0) is 12.0. The Morgan fingerprint density at radius 2 is 2.19 bits per heavy atom. The molecule has 0 spiro atoms. The number of nitrogens with one attached hydrogen (secondary N) is 1. The first-order valence-corrected chi connectivity index (χ1v) is 5.45. The molecule has 0 aliphatic carbocycles. The summed E-state index contributed by atoms with van der Waals surface area (Å²) in [6.07, 6.45) is 0. The Labute approximate surface area is 95.3 Å². The van der Waals surface area contributed by atoms with Crippen molar-refractivity contribution in [3.63, 3.8) is 0 Å². The lowest BCUT2D eigenvalue weighted by atomic mass is 10.2. The second kappa shape index (κ2) is 6.23. The number of benzene rings is 1. The Morgan fingerprint density at radius 1 is 1.44 bits per heavy atom. The summed E-state index contributed by atoms with van der Waals surface area (Å²) < 4.78 is 13.0. The molecule has 0 fully saturated rings. The monoisotopic (exact) mass is 224 g/mol. The van der Waals surface area contributed by atoms with Gasteiger partial charge in [-0.25, -0.2) is 4.39 Å². The van der Waals surface area contributed by atoms with Crippen molar-refractivity contribution in [1.29, 1.82) is 0 Å². The summed E-state index contributed by atoms with van der Waals surface area (Å²) in [6.45, 7) is 5.36. The lowest BCUT2D eigenvalue weighted by molar-refractivity contribution is -0.117. The highest BCUT2D eigenvalue weighted by Gasteiger charge is 2.13. The van der Waals surface area contributed by atoms with Crippen LogP contribution in [0.3, 0.4) is 0 Å². The lowest BCUT2D eigenvalue weighted by Gasteiger charge is -2.21. The molecular weight excluding hydrogens is 207 g/mol. The van der Waals surface area contributed by atoms with Crippen LogP contribution in [0.15, 0.2) is 24.3 Å². The number of carbonyl (C=O) groups is 1. The van der Waals surface area contributed by atoms with Gasteiger partial charge in [-0.2, -0.15) is 0 Å². The first-order chi connectivity index (χ1) is 7.69. The number of nitrogens with zero attached hydrogens (tertiary/aromatic N) is 1. The molecule has 0 atom stereocenters. The number of likely N-dealkylation sites (N-methyl/N-ethyl adjacent to an activating group) is 2. The van der Waals surface area contributed by atoms with Crippen LogP contribution in [0.5, 0.6) is 0 Å². The van der Waals surface area contributed by atoms with E-state index in [1.807, 2.05) is 13.8 Å². The van der Waals surface area contributed by atoms with Crippen LogP contribution in [-0.2, 0) is 4.79 Å². The van der Waals surface area contributed by atoms with Gasteiger partial charge in [-0.05, 0) is 31.7 Å². The van der Waals surface area contributed by atoms with Gasteiger partial charge in [0.15, 0.2) is 0 Å². The van der Waals surface area contributed by atoms with E-state index in [0.29, 0.717) is 12.2 Å². The first-order valence-electron chi connectivity index (χ1n) is 5.45. The molecular formula is C12H17FN2O. The fourth-order valence-corrected chi connectivity index (χ4v) is 1.47. The van der Waals surface area contributed by atoms with E-state index in [-0.39, 0.29) is 18.3 Å². The minimum absolute atomic E-state index is 0.0463. The van der Waals surface area contributed by atoms with Crippen molar-refractivity contribution < 1.29 is 9.18 Å². The number of amides is 1. The Bertz CT molecular complexity index is 355. The smallest absolute Gasteiger partial charge is 0.240 e. The van der Waals surface area contributed by atoms with Gasteiger partial charge in [0.1, 0.15) is 5.82 Å². The van der Waals surface area contributed by atoms with Crippen molar-refractivity contribution in [3.05, 3.63) is 30.1 Å².